The van der Waals surface area contributed by atoms with Crippen molar-refractivity contribution >= 4 is 17.5 Å². The van der Waals surface area contributed by atoms with Gasteiger partial charge in [-0.25, -0.2) is 0 Å². The summed E-state index contributed by atoms with van der Waals surface area (Å²) in [5.74, 6) is -0.636. The van der Waals surface area contributed by atoms with Gasteiger partial charge in [0.1, 0.15) is 0 Å². The highest BCUT2D eigenvalue weighted by Gasteiger charge is 2.33. The molecule has 2 rings (SSSR count). The monoisotopic (exact) mass is 299 g/mol. The van der Waals surface area contributed by atoms with Gasteiger partial charge in [-0.05, 0) is 32.0 Å². The Morgan fingerprint density at radius 3 is 2.52 bits per heavy atom. The Balaban J connectivity index is 2.30. The molecule has 112 valence electrons. The summed E-state index contributed by atoms with van der Waals surface area (Å²) >= 11 is 0. The number of benzene rings is 1. The van der Waals surface area contributed by atoms with Crippen molar-refractivity contribution in [3.8, 4) is 0 Å². The Hall–Kier alpha value is -2.51. The van der Waals surface area contributed by atoms with Crippen molar-refractivity contribution in [1.29, 1.82) is 0 Å². The van der Waals surface area contributed by atoms with E-state index in [0.29, 0.717) is 17.3 Å². The second-order valence-electron chi connectivity index (χ2n) is 4.48. The van der Waals surface area contributed by atoms with Crippen molar-refractivity contribution in [2.75, 3.05) is 11.1 Å². The average Bonchev–Trinajstić information content (AvgIpc) is 2.70. The summed E-state index contributed by atoms with van der Waals surface area (Å²) < 4.78 is 43.1. The number of rotatable bonds is 2. The van der Waals surface area contributed by atoms with Gasteiger partial charge < -0.3 is 10.3 Å². The molecule has 1 aromatic carbocycles. The number of nitrogens with zero attached hydrogens (tertiary/aromatic N) is 1. The van der Waals surface area contributed by atoms with Crippen LogP contribution in [0.1, 0.15) is 27.2 Å². The molecule has 21 heavy (non-hydrogen) atoms. The van der Waals surface area contributed by atoms with Crippen LogP contribution in [-0.4, -0.2) is 11.1 Å². The van der Waals surface area contributed by atoms with Gasteiger partial charge in [-0.1, -0.05) is 5.16 Å². The maximum Gasteiger partial charge on any atom is 0.418 e. The molecule has 1 aromatic heterocycles. The number of halogens is 3. The van der Waals surface area contributed by atoms with Crippen molar-refractivity contribution in [3.63, 3.8) is 0 Å². The first kappa shape index (κ1) is 14.9. The van der Waals surface area contributed by atoms with Gasteiger partial charge in [0.2, 0.25) is 5.88 Å². The van der Waals surface area contributed by atoms with Crippen LogP contribution in [0.5, 0.6) is 0 Å². The van der Waals surface area contributed by atoms with Crippen LogP contribution in [0, 0.1) is 13.8 Å². The van der Waals surface area contributed by atoms with E-state index in [1.165, 1.54) is 6.07 Å². The topological polar surface area (TPSA) is 81.2 Å². The van der Waals surface area contributed by atoms with E-state index in [9.17, 15) is 18.0 Å². The van der Waals surface area contributed by atoms with Gasteiger partial charge in [0, 0.05) is 16.8 Å². The standard InChI is InChI=1S/C13H12F3N3O2/c1-6-7(2)19-21-12(6)18-11(20)8-3-4-10(17)9(5-8)13(14,15)16/h3-5H,17H2,1-2H3,(H,18,20). The van der Waals surface area contributed by atoms with E-state index in [0.717, 1.165) is 6.07 Å². The Kier molecular flexibility index (Phi) is 3.63. The molecule has 0 aliphatic heterocycles. The van der Waals surface area contributed by atoms with Crippen LogP contribution >= 0.6 is 0 Å². The van der Waals surface area contributed by atoms with Crippen molar-refractivity contribution in [2.45, 2.75) is 20.0 Å². The Morgan fingerprint density at radius 1 is 1.33 bits per heavy atom. The first-order valence-corrected chi connectivity index (χ1v) is 5.91. The lowest BCUT2D eigenvalue weighted by molar-refractivity contribution is -0.136. The highest BCUT2D eigenvalue weighted by molar-refractivity contribution is 6.04. The van der Waals surface area contributed by atoms with E-state index < -0.39 is 23.3 Å². The highest BCUT2D eigenvalue weighted by Crippen LogP contribution is 2.34. The van der Waals surface area contributed by atoms with Gasteiger partial charge in [-0.15, -0.1) is 0 Å². The number of hydrogen-bond acceptors (Lipinski definition) is 4. The lowest BCUT2D eigenvalue weighted by Crippen LogP contribution is -2.15. The molecule has 0 radical (unpaired) electrons. The Morgan fingerprint density at radius 2 is 2.00 bits per heavy atom. The maximum absolute atomic E-state index is 12.7. The van der Waals surface area contributed by atoms with Crippen LogP contribution in [0.3, 0.4) is 0 Å². The second-order valence-corrected chi connectivity index (χ2v) is 4.48. The quantitative estimate of drug-likeness (QED) is 0.835. The van der Waals surface area contributed by atoms with Gasteiger partial charge >= 0.3 is 6.18 Å². The summed E-state index contributed by atoms with van der Waals surface area (Å²) in [6.45, 7) is 3.35. The Bertz CT molecular complexity index is 692. The molecular formula is C13H12F3N3O2. The molecular weight excluding hydrogens is 287 g/mol. The van der Waals surface area contributed by atoms with Gasteiger partial charge in [-0.2, -0.15) is 13.2 Å². The fourth-order valence-corrected chi connectivity index (χ4v) is 1.65. The summed E-state index contributed by atoms with van der Waals surface area (Å²) in [7, 11) is 0. The lowest BCUT2D eigenvalue weighted by Gasteiger charge is -2.11. The van der Waals surface area contributed by atoms with Crippen LogP contribution in [0.25, 0.3) is 0 Å². The third-order valence-electron chi connectivity index (χ3n) is 3.01. The molecule has 0 saturated heterocycles. The van der Waals surface area contributed by atoms with Gasteiger partial charge in [-0.3, -0.25) is 10.1 Å². The summed E-state index contributed by atoms with van der Waals surface area (Å²) in [6, 6.07) is 2.94. The number of amides is 1. The van der Waals surface area contributed by atoms with Crippen LogP contribution in [0.15, 0.2) is 22.7 Å². The largest absolute Gasteiger partial charge is 0.418 e. The molecule has 0 aliphatic rings. The minimum Gasteiger partial charge on any atom is -0.398 e. The third-order valence-corrected chi connectivity index (χ3v) is 3.01. The van der Waals surface area contributed by atoms with Crippen molar-refractivity contribution in [2.24, 2.45) is 0 Å². The zero-order chi connectivity index (χ0) is 15.8. The zero-order valence-corrected chi connectivity index (χ0v) is 11.2. The molecule has 1 heterocycles. The number of nitrogens with one attached hydrogen (secondary N) is 1. The summed E-state index contributed by atoms with van der Waals surface area (Å²) in [6.07, 6.45) is -4.63. The Labute approximate surface area is 117 Å². The predicted octanol–water partition coefficient (Wildman–Crippen LogP) is 3.14. The number of carbonyl (C=O) groups excluding carboxylic acids is 1. The van der Waals surface area contributed by atoms with Crippen LogP contribution in [0.4, 0.5) is 24.7 Å². The molecule has 0 unspecified atom stereocenters. The van der Waals surface area contributed by atoms with Gasteiger partial charge in [0.15, 0.2) is 0 Å². The molecule has 0 bridgehead atoms. The molecule has 3 N–H and O–H groups in total. The normalized spacial score (nSPS) is 11.5. The van der Waals surface area contributed by atoms with E-state index in [-0.39, 0.29) is 11.4 Å². The van der Waals surface area contributed by atoms with E-state index in [4.69, 9.17) is 10.3 Å². The second kappa shape index (κ2) is 5.12. The van der Waals surface area contributed by atoms with Crippen LogP contribution in [0.2, 0.25) is 0 Å². The molecule has 0 atom stereocenters. The molecule has 2 aromatic rings. The number of aryl methyl sites for hydroxylation is 1. The highest BCUT2D eigenvalue weighted by atomic mass is 19.4. The number of alkyl halides is 3. The van der Waals surface area contributed by atoms with E-state index in [1.54, 1.807) is 13.8 Å². The first-order valence-electron chi connectivity index (χ1n) is 5.91. The minimum absolute atomic E-state index is 0.0999. The molecule has 0 saturated carbocycles. The average molecular weight is 299 g/mol. The lowest BCUT2D eigenvalue weighted by atomic mass is 10.1. The number of hydrogen-bond donors (Lipinski definition) is 2. The molecule has 0 fully saturated rings. The molecule has 8 heteroatoms. The molecule has 0 aliphatic carbocycles. The predicted molar refractivity (Wildman–Crippen MR) is 69.8 cm³/mol. The first-order chi connectivity index (χ1) is 9.70. The van der Waals surface area contributed by atoms with Gasteiger partial charge in [0.25, 0.3) is 5.91 Å². The SMILES string of the molecule is Cc1noc(NC(=O)c2ccc(N)c(C(F)(F)F)c2)c1C. The molecule has 0 spiro atoms. The third kappa shape index (κ3) is 2.99. The number of nitrogens with two attached hydrogens (primary N) is 1. The van der Waals surface area contributed by atoms with E-state index in [1.807, 2.05) is 0 Å². The molecule has 5 nitrogen and oxygen atoms in total. The number of nitrogen functional groups attached to an aromatic ring is 1. The van der Waals surface area contributed by atoms with Crippen molar-refractivity contribution in [3.05, 3.63) is 40.6 Å². The van der Waals surface area contributed by atoms with Crippen molar-refractivity contribution in [1.82, 2.24) is 5.16 Å². The number of anilines is 2. The smallest absolute Gasteiger partial charge is 0.398 e. The summed E-state index contributed by atoms with van der Waals surface area (Å²) in [5.41, 5.74) is 4.79. The van der Waals surface area contributed by atoms with Crippen LogP contribution in [-0.2, 0) is 6.18 Å². The fraction of sp³-hybridized carbons (Fsp3) is 0.231. The minimum atomic E-state index is -4.63. The van der Waals surface area contributed by atoms with E-state index >= 15 is 0 Å². The summed E-state index contributed by atoms with van der Waals surface area (Å²) in [5, 5.41) is 6.01. The van der Waals surface area contributed by atoms with Gasteiger partial charge in [0.05, 0.1) is 11.3 Å². The zero-order valence-electron chi connectivity index (χ0n) is 11.2. The number of aromatic nitrogens is 1. The number of carbonyl (C=O) groups is 1. The molecule has 1 amide bonds. The maximum atomic E-state index is 12.7. The fourth-order valence-electron chi connectivity index (χ4n) is 1.65. The summed E-state index contributed by atoms with van der Waals surface area (Å²) in [4.78, 5) is 12.0. The van der Waals surface area contributed by atoms with E-state index in [2.05, 4.69) is 10.5 Å². The van der Waals surface area contributed by atoms with Crippen molar-refractivity contribution < 1.29 is 22.5 Å². The van der Waals surface area contributed by atoms with Crippen LogP contribution < -0.4 is 11.1 Å².